The Bertz CT molecular complexity index is 858. The topological polar surface area (TPSA) is 39.9 Å². The smallest absolute Gasteiger partial charge is 0.406 e. The van der Waals surface area contributed by atoms with Gasteiger partial charge in [-0.3, -0.25) is 0 Å². The molecule has 0 N–H and O–H groups in total. The Morgan fingerprint density at radius 2 is 1.62 bits per heavy atom. The SMILES string of the molecule is Fc1ccc(-c2ncn(-c3ccc(OC(F)(F)F)cc3)n2)cc1F. The van der Waals surface area contributed by atoms with Gasteiger partial charge >= 0.3 is 6.36 Å². The zero-order chi connectivity index (χ0) is 17.3. The fraction of sp³-hybridized carbons (Fsp3) is 0.0667. The standard InChI is InChI=1S/C15H8F5N3O/c16-12-6-1-9(7-13(12)17)14-21-8-23(22-14)10-2-4-11(5-3-10)24-15(18,19)20/h1-8H. The molecular weight excluding hydrogens is 333 g/mol. The van der Waals surface area contributed by atoms with Gasteiger partial charge in [-0.15, -0.1) is 18.3 Å². The first-order valence-corrected chi connectivity index (χ1v) is 6.55. The van der Waals surface area contributed by atoms with Crippen molar-refractivity contribution in [1.82, 2.24) is 14.8 Å². The highest BCUT2D eigenvalue weighted by Gasteiger charge is 2.30. The lowest BCUT2D eigenvalue weighted by Gasteiger charge is -2.09. The number of halogens is 5. The van der Waals surface area contributed by atoms with Gasteiger partial charge in [0.25, 0.3) is 0 Å². The van der Waals surface area contributed by atoms with Crippen LogP contribution >= 0.6 is 0 Å². The van der Waals surface area contributed by atoms with E-state index in [0.29, 0.717) is 5.69 Å². The zero-order valence-electron chi connectivity index (χ0n) is 11.8. The highest BCUT2D eigenvalue weighted by atomic mass is 19.4. The van der Waals surface area contributed by atoms with Crippen molar-refractivity contribution < 1.29 is 26.7 Å². The maximum Gasteiger partial charge on any atom is 0.573 e. The number of hydrogen-bond donors (Lipinski definition) is 0. The number of benzene rings is 2. The minimum atomic E-state index is -4.77. The normalized spacial score (nSPS) is 11.5. The van der Waals surface area contributed by atoms with E-state index in [1.807, 2.05) is 0 Å². The van der Waals surface area contributed by atoms with Crippen molar-refractivity contribution >= 4 is 0 Å². The lowest BCUT2D eigenvalue weighted by molar-refractivity contribution is -0.274. The number of hydrogen-bond acceptors (Lipinski definition) is 3. The van der Waals surface area contributed by atoms with Crippen molar-refractivity contribution in [3.8, 4) is 22.8 Å². The van der Waals surface area contributed by atoms with Crippen molar-refractivity contribution in [2.24, 2.45) is 0 Å². The van der Waals surface area contributed by atoms with E-state index in [2.05, 4.69) is 14.8 Å². The summed E-state index contributed by atoms with van der Waals surface area (Å²) in [6.07, 6.45) is -3.47. The Labute approximate surface area is 132 Å². The third-order valence-corrected chi connectivity index (χ3v) is 3.00. The van der Waals surface area contributed by atoms with Crippen molar-refractivity contribution in [2.45, 2.75) is 6.36 Å². The van der Waals surface area contributed by atoms with E-state index in [1.165, 1.54) is 29.2 Å². The van der Waals surface area contributed by atoms with Crippen LogP contribution in [0.1, 0.15) is 0 Å². The van der Waals surface area contributed by atoms with E-state index in [-0.39, 0.29) is 17.1 Å². The van der Waals surface area contributed by atoms with Gasteiger partial charge in [-0.05, 0) is 42.5 Å². The number of ether oxygens (including phenoxy) is 1. The number of nitrogens with zero attached hydrogens (tertiary/aromatic N) is 3. The molecule has 0 aliphatic rings. The van der Waals surface area contributed by atoms with Gasteiger partial charge in [-0.2, -0.15) is 0 Å². The molecular formula is C15H8F5N3O. The average Bonchev–Trinajstić information content (AvgIpc) is 2.99. The van der Waals surface area contributed by atoms with Crippen LogP contribution in [0, 0.1) is 11.6 Å². The van der Waals surface area contributed by atoms with Crippen LogP contribution in [0.25, 0.3) is 17.1 Å². The molecule has 0 saturated heterocycles. The summed E-state index contributed by atoms with van der Waals surface area (Å²) in [5.74, 6) is -2.24. The van der Waals surface area contributed by atoms with Crippen molar-refractivity contribution in [1.29, 1.82) is 0 Å². The molecule has 124 valence electrons. The Balaban J connectivity index is 1.84. The third-order valence-electron chi connectivity index (χ3n) is 3.00. The first-order valence-electron chi connectivity index (χ1n) is 6.55. The Kier molecular flexibility index (Phi) is 3.92. The molecule has 0 amide bonds. The molecule has 0 spiro atoms. The predicted octanol–water partition coefficient (Wildman–Crippen LogP) is 4.11. The van der Waals surface area contributed by atoms with Crippen LogP contribution in [0.5, 0.6) is 5.75 Å². The minimum absolute atomic E-state index is 0.143. The van der Waals surface area contributed by atoms with Crippen LogP contribution in [0.3, 0.4) is 0 Å². The Morgan fingerprint density at radius 3 is 2.25 bits per heavy atom. The predicted molar refractivity (Wildman–Crippen MR) is 73.4 cm³/mol. The van der Waals surface area contributed by atoms with Gasteiger partial charge in [0.15, 0.2) is 17.5 Å². The second-order valence-electron chi connectivity index (χ2n) is 4.68. The van der Waals surface area contributed by atoms with Gasteiger partial charge in [-0.1, -0.05) is 0 Å². The molecule has 3 rings (SSSR count). The van der Waals surface area contributed by atoms with E-state index in [4.69, 9.17) is 0 Å². The van der Waals surface area contributed by atoms with Gasteiger partial charge in [0.1, 0.15) is 12.1 Å². The highest BCUT2D eigenvalue weighted by molar-refractivity contribution is 5.54. The minimum Gasteiger partial charge on any atom is -0.406 e. The van der Waals surface area contributed by atoms with Crippen LogP contribution < -0.4 is 4.74 Å². The summed E-state index contributed by atoms with van der Waals surface area (Å²) in [5, 5.41) is 4.08. The molecule has 1 aromatic heterocycles. The lowest BCUT2D eigenvalue weighted by Crippen LogP contribution is -2.17. The zero-order valence-corrected chi connectivity index (χ0v) is 11.8. The monoisotopic (exact) mass is 341 g/mol. The molecule has 0 atom stereocenters. The Hall–Kier alpha value is -2.97. The van der Waals surface area contributed by atoms with Gasteiger partial charge in [0, 0.05) is 5.56 Å². The maximum absolute atomic E-state index is 13.2. The fourth-order valence-corrected chi connectivity index (χ4v) is 1.96. The number of aromatic nitrogens is 3. The van der Waals surface area contributed by atoms with Crippen LogP contribution in [0.15, 0.2) is 48.8 Å². The molecule has 0 aliphatic heterocycles. The molecule has 0 unspecified atom stereocenters. The van der Waals surface area contributed by atoms with Crippen molar-refractivity contribution in [3.63, 3.8) is 0 Å². The summed E-state index contributed by atoms with van der Waals surface area (Å²) in [6.45, 7) is 0. The number of rotatable bonds is 3. The second-order valence-corrected chi connectivity index (χ2v) is 4.68. The van der Waals surface area contributed by atoms with Crippen LogP contribution in [0.4, 0.5) is 22.0 Å². The largest absolute Gasteiger partial charge is 0.573 e. The molecule has 2 aromatic carbocycles. The summed E-state index contributed by atoms with van der Waals surface area (Å²) in [5.41, 5.74) is 0.690. The van der Waals surface area contributed by atoms with E-state index in [1.54, 1.807) is 0 Å². The van der Waals surface area contributed by atoms with Gasteiger partial charge in [-0.25, -0.2) is 18.4 Å². The molecule has 0 radical (unpaired) electrons. The van der Waals surface area contributed by atoms with Gasteiger partial charge in [0.05, 0.1) is 5.69 Å². The van der Waals surface area contributed by atoms with E-state index < -0.39 is 18.0 Å². The second kappa shape index (κ2) is 5.91. The van der Waals surface area contributed by atoms with Crippen molar-refractivity contribution in [3.05, 3.63) is 60.4 Å². The highest BCUT2D eigenvalue weighted by Crippen LogP contribution is 2.24. The Morgan fingerprint density at radius 1 is 0.917 bits per heavy atom. The van der Waals surface area contributed by atoms with Crippen molar-refractivity contribution in [2.75, 3.05) is 0 Å². The first kappa shape index (κ1) is 15.9. The molecule has 1 heterocycles. The lowest BCUT2D eigenvalue weighted by atomic mass is 10.2. The summed E-state index contributed by atoms with van der Waals surface area (Å²) >= 11 is 0. The van der Waals surface area contributed by atoms with Crippen LogP contribution in [-0.2, 0) is 0 Å². The molecule has 0 bridgehead atoms. The van der Waals surface area contributed by atoms with Crippen LogP contribution in [0.2, 0.25) is 0 Å². The quantitative estimate of drug-likeness (QED) is 0.673. The molecule has 0 aliphatic carbocycles. The van der Waals surface area contributed by atoms with Gasteiger partial charge in [0.2, 0.25) is 0 Å². The maximum atomic E-state index is 13.2. The molecule has 9 heteroatoms. The molecule has 0 saturated carbocycles. The summed E-state index contributed by atoms with van der Waals surface area (Å²) in [7, 11) is 0. The third kappa shape index (κ3) is 3.50. The average molecular weight is 341 g/mol. The molecule has 24 heavy (non-hydrogen) atoms. The van der Waals surface area contributed by atoms with E-state index in [0.717, 1.165) is 24.3 Å². The summed E-state index contributed by atoms with van der Waals surface area (Å²) in [6, 6.07) is 8.18. The summed E-state index contributed by atoms with van der Waals surface area (Å²) < 4.78 is 67.5. The molecule has 3 aromatic rings. The summed E-state index contributed by atoms with van der Waals surface area (Å²) in [4.78, 5) is 3.97. The van der Waals surface area contributed by atoms with E-state index >= 15 is 0 Å². The van der Waals surface area contributed by atoms with E-state index in [9.17, 15) is 22.0 Å². The fourth-order valence-electron chi connectivity index (χ4n) is 1.96. The van der Waals surface area contributed by atoms with Crippen LogP contribution in [-0.4, -0.2) is 21.1 Å². The van der Waals surface area contributed by atoms with Gasteiger partial charge < -0.3 is 4.74 Å². The number of alkyl halides is 3. The molecule has 4 nitrogen and oxygen atoms in total. The molecule has 0 fully saturated rings. The first-order chi connectivity index (χ1) is 11.3.